The van der Waals surface area contributed by atoms with Gasteiger partial charge in [-0.15, -0.1) is 0 Å². The Morgan fingerprint density at radius 1 is 1.13 bits per heavy atom. The van der Waals surface area contributed by atoms with Gasteiger partial charge in [0, 0.05) is 23.0 Å². The Balaban J connectivity index is 1.28. The molecule has 2 aromatic carbocycles. The van der Waals surface area contributed by atoms with E-state index in [1.54, 1.807) is 23.5 Å². The number of nitrogens with zero attached hydrogens (tertiary/aromatic N) is 5. The first-order valence-electron chi connectivity index (χ1n) is 9.82. The molecule has 2 aromatic heterocycles. The molecule has 0 aliphatic carbocycles. The van der Waals surface area contributed by atoms with Crippen LogP contribution >= 0.6 is 11.6 Å². The summed E-state index contributed by atoms with van der Waals surface area (Å²) < 4.78 is 22.2. The second-order valence-electron chi connectivity index (χ2n) is 7.19. The van der Waals surface area contributed by atoms with Crippen molar-refractivity contribution in [2.45, 2.75) is 18.4 Å². The van der Waals surface area contributed by atoms with Gasteiger partial charge >= 0.3 is 0 Å². The molecule has 0 radical (unpaired) electrons. The second kappa shape index (κ2) is 8.50. The van der Waals surface area contributed by atoms with Crippen LogP contribution in [0.2, 0.25) is 5.02 Å². The van der Waals surface area contributed by atoms with E-state index in [-0.39, 0.29) is 6.10 Å². The molecular formula is C22H20ClN5O3. The summed E-state index contributed by atoms with van der Waals surface area (Å²) in [6, 6.07) is 15.2. The molecule has 1 aliphatic rings. The Labute approximate surface area is 184 Å². The molecule has 5 rings (SSSR count). The van der Waals surface area contributed by atoms with Gasteiger partial charge in [0.2, 0.25) is 5.79 Å². The number of hydrogen-bond acceptors (Lipinski definition) is 6. The van der Waals surface area contributed by atoms with Crippen molar-refractivity contribution in [1.29, 1.82) is 0 Å². The monoisotopic (exact) mass is 437 g/mol. The largest absolute Gasteiger partial charge is 0.491 e. The summed E-state index contributed by atoms with van der Waals surface area (Å²) in [5, 5.41) is 4.75. The molecule has 9 heteroatoms. The fourth-order valence-corrected chi connectivity index (χ4v) is 3.73. The van der Waals surface area contributed by atoms with Gasteiger partial charge in [0.15, 0.2) is 0 Å². The van der Waals surface area contributed by atoms with Gasteiger partial charge in [-0.1, -0.05) is 23.7 Å². The predicted octanol–water partition coefficient (Wildman–Crippen LogP) is 3.46. The summed E-state index contributed by atoms with van der Waals surface area (Å²) in [6.45, 7) is 1.21. The molecule has 4 aromatic rings. The van der Waals surface area contributed by atoms with E-state index in [1.807, 2.05) is 59.3 Å². The van der Waals surface area contributed by atoms with Crippen LogP contribution in [0, 0.1) is 0 Å². The quantitative estimate of drug-likeness (QED) is 0.440. The van der Waals surface area contributed by atoms with Gasteiger partial charge in [-0.2, -0.15) is 5.10 Å². The molecular weight excluding hydrogens is 418 g/mol. The summed E-state index contributed by atoms with van der Waals surface area (Å²) in [7, 11) is 0. The average Bonchev–Trinajstić information content (AvgIpc) is 3.56. The van der Waals surface area contributed by atoms with Crippen LogP contribution in [0.25, 0.3) is 5.69 Å². The maximum Gasteiger partial charge on any atom is 0.214 e. The Bertz CT molecular complexity index is 1120. The summed E-state index contributed by atoms with van der Waals surface area (Å²) in [6.07, 6.45) is 8.24. The van der Waals surface area contributed by atoms with Crippen molar-refractivity contribution in [3.05, 3.63) is 90.5 Å². The highest BCUT2D eigenvalue weighted by molar-refractivity contribution is 6.30. The molecule has 1 saturated heterocycles. The van der Waals surface area contributed by atoms with Crippen molar-refractivity contribution in [2.75, 3.05) is 13.2 Å². The standard InChI is InChI=1S/C22H20ClN5O3/c23-18-3-1-2-17(10-18)22(13-27-9-8-24-15-27)30-12-21(31-22)11-29-20-6-4-19(5-7-20)28-16-25-14-26-28/h1-10,14-16,21H,11-13H2. The highest BCUT2D eigenvalue weighted by Crippen LogP contribution is 2.37. The van der Waals surface area contributed by atoms with Crippen molar-refractivity contribution in [3.63, 3.8) is 0 Å². The minimum absolute atomic E-state index is 0.238. The number of aromatic nitrogens is 5. The van der Waals surface area contributed by atoms with Crippen molar-refractivity contribution in [3.8, 4) is 11.4 Å². The molecule has 1 aliphatic heterocycles. The van der Waals surface area contributed by atoms with E-state index in [0.29, 0.717) is 24.8 Å². The molecule has 0 spiro atoms. The van der Waals surface area contributed by atoms with Crippen molar-refractivity contribution >= 4 is 11.6 Å². The topological polar surface area (TPSA) is 76.2 Å². The fraction of sp³-hybridized carbons (Fsp3) is 0.227. The number of imidazole rings is 1. The van der Waals surface area contributed by atoms with Gasteiger partial charge < -0.3 is 18.8 Å². The average molecular weight is 438 g/mol. The van der Waals surface area contributed by atoms with Gasteiger partial charge in [0.25, 0.3) is 0 Å². The molecule has 2 atom stereocenters. The third-order valence-corrected chi connectivity index (χ3v) is 5.26. The van der Waals surface area contributed by atoms with E-state index in [2.05, 4.69) is 15.1 Å². The molecule has 0 saturated carbocycles. The number of rotatable bonds is 7. The molecule has 158 valence electrons. The van der Waals surface area contributed by atoms with Gasteiger partial charge in [-0.25, -0.2) is 14.6 Å². The summed E-state index contributed by atoms with van der Waals surface area (Å²) >= 11 is 6.23. The molecule has 8 nitrogen and oxygen atoms in total. The fourth-order valence-electron chi connectivity index (χ4n) is 3.54. The van der Waals surface area contributed by atoms with Crippen molar-refractivity contribution in [2.24, 2.45) is 0 Å². The van der Waals surface area contributed by atoms with Crippen LogP contribution in [0.15, 0.2) is 79.9 Å². The van der Waals surface area contributed by atoms with Crippen molar-refractivity contribution < 1.29 is 14.2 Å². The summed E-state index contributed by atoms with van der Waals surface area (Å²) in [4.78, 5) is 8.07. The summed E-state index contributed by atoms with van der Waals surface area (Å²) in [5.74, 6) is -0.223. The number of hydrogen-bond donors (Lipinski definition) is 0. The van der Waals surface area contributed by atoms with Crippen LogP contribution in [0.3, 0.4) is 0 Å². The third-order valence-electron chi connectivity index (χ3n) is 5.03. The molecule has 2 unspecified atom stereocenters. The zero-order chi connectivity index (χ0) is 21.1. The van der Waals surface area contributed by atoms with Gasteiger partial charge in [0.05, 0.1) is 25.2 Å². The van der Waals surface area contributed by atoms with E-state index in [0.717, 1.165) is 17.0 Å². The lowest BCUT2D eigenvalue weighted by molar-refractivity contribution is -0.189. The molecule has 0 bridgehead atoms. The zero-order valence-electron chi connectivity index (χ0n) is 16.5. The van der Waals surface area contributed by atoms with E-state index in [1.165, 1.54) is 6.33 Å². The van der Waals surface area contributed by atoms with Crippen LogP contribution in [0.5, 0.6) is 5.75 Å². The maximum absolute atomic E-state index is 6.39. The summed E-state index contributed by atoms with van der Waals surface area (Å²) in [5.41, 5.74) is 1.76. The van der Waals surface area contributed by atoms with Crippen LogP contribution in [0.1, 0.15) is 5.56 Å². The lowest BCUT2D eigenvalue weighted by Crippen LogP contribution is -2.34. The Hall–Kier alpha value is -3.20. The minimum atomic E-state index is -0.962. The number of benzene rings is 2. The Morgan fingerprint density at radius 2 is 2.03 bits per heavy atom. The molecule has 0 N–H and O–H groups in total. The molecule has 3 heterocycles. The predicted molar refractivity (Wildman–Crippen MR) is 113 cm³/mol. The van der Waals surface area contributed by atoms with Gasteiger partial charge in [-0.3, -0.25) is 0 Å². The lowest BCUT2D eigenvalue weighted by atomic mass is 10.1. The van der Waals surface area contributed by atoms with Crippen LogP contribution in [-0.2, 0) is 21.8 Å². The smallest absolute Gasteiger partial charge is 0.214 e. The van der Waals surface area contributed by atoms with Crippen LogP contribution in [-0.4, -0.2) is 43.6 Å². The van der Waals surface area contributed by atoms with Gasteiger partial charge in [-0.05, 0) is 36.4 Å². The van der Waals surface area contributed by atoms with Crippen molar-refractivity contribution in [1.82, 2.24) is 24.3 Å². The first kappa shape index (κ1) is 19.7. The third kappa shape index (κ3) is 4.32. The van der Waals surface area contributed by atoms with Gasteiger partial charge in [0.1, 0.15) is 31.1 Å². The van der Waals surface area contributed by atoms with Crippen LogP contribution < -0.4 is 4.74 Å². The van der Waals surface area contributed by atoms with E-state index in [4.69, 9.17) is 25.8 Å². The molecule has 0 amide bonds. The molecule has 1 fully saturated rings. The molecule has 31 heavy (non-hydrogen) atoms. The first-order chi connectivity index (χ1) is 15.2. The first-order valence-corrected chi connectivity index (χ1v) is 10.2. The Morgan fingerprint density at radius 3 is 2.77 bits per heavy atom. The normalized spacial score (nSPS) is 20.7. The zero-order valence-corrected chi connectivity index (χ0v) is 17.3. The maximum atomic E-state index is 6.39. The Kier molecular flexibility index (Phi) is 5.42. The second-order valence-corrected chi connectivity index (χ2v) is 7.63. The minimum Gasteiger partial charge on any atom is -0.491 e. The van der Waals surface area contributed by atoms with E-state index in [9.17, 15) is 0 Å². The number of ether oxygens (including phenoxy) is 3. The lowest BCUT2D eigenvalue weighted by Gasteiger charge is -2.29. The van der Waals surface area contributed by atoms with E-state index < -0.39 is 5.79 Å². The highest BCUT2D eigenvalue weighted by atomic mass is 35.5. The van der Waals surface area contributed by atoms with Crippen LogP contribution in [0.4, 0.5) is 0 Å². The van der Waals surface area contributed by atoms with E-state index >= 15 is 0 Å². The number of halogens is 1. The highest BCUT2D eigenvalue weighted by Gasteiger charge is 2.44. The SMILES string of the molecule is Clc1cccc(C2(Cn3ccnc3)OCC(COc3ccc(-n4cncn4)cc3)O2)c1.